The van der Waals surface area contributed by atoms with Crippen LogP contribution < -0.4 is 0 Å². The first kappa shape index (κ1) is 10.5. The minimum absolute atomic E-state index is 0.807. The first-order valence-corrected chi connectivity index (χ1v) is 6.24. The van der Waals surface area contributed by atoms with Gasteiger partial charge >= 0.3 is 0 Å². The van der Waals surface area contributed by atoms with Crippen molar-refractivity contribution in [2.24, 2.45) is 29.6 Å². The lowest BCUT2D eigenvalue weighted by atomic mass is 9.87. The summed E-state index contributed by atoms with van der Waals surface area (Å²) in [7, 11) is 0. The van der Waals surface area contributed by atoms with Crippen molar-refractivity contribution in [1.82, 2.24) is 0 Å². The molecule has 0 bridgehead atoms. The van der Waals surface area contributed by atoms with Crippen LogP contribution in [0.1, 0.15) is 40.0 Å². The van der Waals surface area contributed by atoms with Crippen LogP contribution in [0.2, 0.25) is 0 Å². The summed E-state index contributed by atoms with van der Waals surface area (Å²) >= 11 is 0. The van der Waals surface area contributed by atoms with Crippen LogP contribution in [0.3, 0.4) is 0 Å². The zero-order valence-electron chi connectivity index (χ0n) is 9.83. The van der Waals surface area contributed by atoms with E-state index >= 15 is 0 Å². The molecule has 2 rings (SSSR count). The van der Waals surface area contributed by atoms with Gasteiger partial charge in [-0.25, -0.2) is 0 Å². The second-order valence-corrected chi connectivity index (χ2v) is 5.80. The average Bonchev–Trinajstić information content (AvgIpc) is 2.63. The summed E-state index contributed by atoms with van der Waals surface area (Å²) in [6, 6.07) is 0. The molecule has 0 aromatic carbocycles. The van der Waals surface area contributed by atoms with E-state index in [9.17, 15) is 0 Å². The van der Waals surface area contributed by atoms with E-state index in [0.29, 0.717) is 0 Å². The van der Waals surface area contributed by atoms with E-state index < -0.39 is 0 Å². The summed E-state index contributed by atoms with van der Waals surface area (Å²) in [6.45, 7) is 9.21. The Morgan fingerprint density at radius 1 is 0.929 bits per heavy atom. The summed E-state index contributed by atoms with van der Waals surface area (Å²) in [4.78, 5) is 0. The van der Waals surface area contributed by atoms with Crippen LogP contribution in [0.4, 0.5) is 0 Å². The standard InChI is InChI=1S/C13H24O/c1-9-4-12(5-10(9)2)6-13-8-14-7-11(13)3/h9-13H,4-8H2,1-3H3/t9-,10+,11-,12?,13+/m1/s1. The first-order chi connectivity index (χ1) is 6.66. The molecule has 1 saturated heterocycles. The Bertz CT molecular complexity index is 180. The smallest absolute Gasteiger partial charge is 0.0497 e. The monoisotopic (exact) mass is 196 g/mol. The summed E-state index contributed by atoms with van der Waals surface area (Å²) < 4.78 is 5.53. The molecule has 1 aliphatic heterocycles. The largest absolute Gasteiger partial charge is 0.381 e. The Hall–Kier alpha value is -0.0400. The van der Waals surface area contributed by atoms with Gasteiger partial charge in [-0.2, -0.15) is 0 Å². The van der Waals surface area contributed by atoms with Crippen molar-refractivity contribution in [2.75, 3.05) is 13.2 Å². The minimum Gasteiger partial charge on any atom is -0.381 e. The van der Waals surface area contributed by atoms with E-state index in [1.807, 2.05) is 0 Å². The van der Waals surface area contributed by atoms with Crippen LogP contribution in [0.25, 0.3) is 0 Å². The van der Waals surface area contributed by atoms with E-state index in [2.05, 4.69) is 20.8 Å². The van der Waals surface area contributed by atoms with Crippen molar-refractivity contribution in [3.05, 3.63) is 0 Å². The molecule has 2 aliphatic rings. The molecular weight excluding hydrogens is 172 g/mol. The van der Waals surface area contributed by atoms with Gasteiger partial charge in [-0.1, -0.05) is 20.8 Å². The Balaban J connectivity index is 1.81. The van der Waals surface area contributed by atoms with Gasteiger partial charge in [-0.3, -0.25) is 0 Å². The van der Waals surface area contributed by atoms with Gasteiger partial charge < -0.3 is 4.74 Å². The lowest BCUT2D eigenvalue weighted by Gasteiger charge is -2.17. The molecule has 1 unspecified atom stereocenters. The van der Waals surface area contributed by atoms with E-state index in [1.54, 1.807) is 0 Å². The zero-order chi connectivity index (χ0) is 10.1. The van der Waals surface area contributed by atoms with Crippen LogP contribution in [0.5, 0.6) is 0 Å². The third kappa shape index (κ3) is 2.13. The van der Waals surface area contributed by atoms with E-state index in [0.717, 1.165) is 42.8 Å². The molecule has 0 amide bonds. The van der Waals surface area contributed by atoms with Crippen molar-refractivity contribution in [3.8, 4) is 0 Å². The molecule has 0 spiro atoms. The third-order valence-corrected chi connectivity index (χ3v) is 4.54. The zero-order valence-corrected chi connectivity index (χ0v) is 9.83. The van der Waals surface area contributed by atoms with Gasteiger partial charge in [0, 0.05) is 13.2 Å². The van der Waals surface area contributed by atoms with Gasteiger partial charge in [0.1, 0.15) is 0 Å². The molecule has 0 N–H and O–H groups in total. The van der Waals surface area contributed by atoms with Crippen LogP contribution in [0, 0.1) is 29.6 Å². The average molecular weight is 196 g/mol. The second kappa shape index (κ2) is 4.22. The molecule has 5 atom stereocenters. The normalized spacial score (nSPS) is 48.6. The second-order valence-electron chi connectivity index (χ2n) is 5.80. The maximum atomic E-state index is 5.53. The topological polar surface area (TPSA) is 9.23 Å². The van der Waals surface area contributed by atoms with Crippen molar-refractivity contribution < 1.29 is 4.74 Å². The molecule has 0 aromatic heterocycles. The van der Waals surface area contributed by atoms with Gasteiger partial charge in [0.05, 0.1) is 0 Å². The van der Waals surface area contributed by atoms with Crippen LogP contribution >= 0.6 is 0 Å². The van der Waals surface area contributed by atoms with E-state index in [-0.39, 0.29) is 0 Å². The van der Waals surface area contributed by atoms with Gasteiger partial charge in [-0.05, 0) is 48.9 Å². The lowest BCUT2D eigenvalue weighted by Crippen LogP contribution is -2.13. The molecule has 1 aliphatic carbocycles. The molecule has 1 heterocycles. The third-order valence-electron chi connectivity index (χ3n) is 4.54. The van der Waals surface area contributed by atoms with Gasteiger partial charge in [-0.15, -0.1) is 0 Å². The Morgan fingerprint density at radius 2 is 1.57 bits per heavy atom. The van der Waals surface area contributed by atoms with Crippen molar-refractivity contribution in [3.63, 3.8) is 0 Å². The van der Waals surface area contributed by atoms with Gasteiger partial charge in [0.2, 0.25) is 0 Å². The summed E-state index contributed by atoms with van der Waals surface area (Å²) in [5.74, 6) is 4.57. The summed E-state index contributed by atoms with van der Waals surface area (Å²) in [5.41, 5.74) is 0. The quantitative estimate of drug-likeness (QED) is 0.658. The fourth-order valence-corrected chi connectivity index (χ4v) is 3.24. The molecule has 0 aromatic rings. The number of ether oxygens (including phenoxy) is 1. The highest BCUT2D eigenvalue weighted by Crippen LogP contribution is 2.40. The highest BCUT2D eigenvalue weighted by molar-refractivity contribution is 4.82. The Kier molecular flexibility index (Phi) is 3.16. The molecule has 1 heteroatoms. The maximum absolute atomic E-state index is 5.53. The minimum atomic E-state index is 0.807. The molecule has 14 heavy (non-hydrogen) atoms. The predicted molar refractivity (Wildman–Crippen MR) is 59.1 cm³/mol. The molecule has 82 valence electrons. The number of hydrogen-bond acceptors (Lipinski definition) is 1. The predicted octanol–water partition coefficient (Wildman–Crippen LogP) is 3.34. The fraction of sp³-hybridized carbons (Fsp3) is 1.00. The van der Waals surface area contributed by atoms with Crippen molar-refractivity contribution in [1.29, 1.82) is 0 Å². The van der Waals surface area contributed by atoms with Gasteiger partial charge in [0.25, 0.3) is 0 Å². The van der Waals surface area contributed by atoms with E-state index in [1.165, 1.54) is 19.3 Å². The molecule has 1 nitrogen and oxygen atoms in total. The van der Waals surface area contributed by atoms with Crippen molar-refractivity contribution >= 4 is 0 Å². The van der Waals surface area contributed by atoms with Crippen LogP contribution in [0.15, 0.2) is 0 Å². The fourth-order valence-electron chi connectivity index (χ4n) is 3.24. The Morgan fingerprint density at radius 3 is 2.07 bits per heavy atom. The number of hydrogen-bond donors (Lipinski definition) is 0. The highest BCUT2D eigenvalue weighted by atomic mass is 16.5. The summed E-state index contributed by atoms with van der Waals surface area (Å²) in [5, 5.41) is 0. The van der Waals surface area contributed by atoms with Gasteiger partial charge in [0.15, 0.2) is 0 Å². The first-order valence-electron chi connectivity index (χ1n) is 6.24. The SMILES string of the molecule is C[C@@H]1COC[C@@H]1CC1C[C@@H](C)[C@@H](C)C1. The maximum Gasteiger partial charge on any atom is 0.0497 e. The highest BCUT2D eigenvalue weighted by Gasteiger charge is 2.33. The van der Waals surface area contributed by atoms with E-state index in [4.69, 9.17) is 4.74 Å². The van der Waals surface area contributed by atoms with Crippen LogP contribution in [-0.4, -0.2) is 13.2 Å². The lowest BCUT2D eigenvalue weighted by molar-refractivity contribution is 0.177. The van der Waals surface area contributed by atoms with Crippen LogP contribution in [-0.2, 0) is 4.74 Å². The molecule has 2 fully saturated rings. The molecule has 0 radical (unpaired) electrons. The summed E-state index contributed by atoms with van der Waals surface area (Å²) in [6.07, 6.45) is 4.35. The van der Waals surface area contributed by atoms with Crippen molar-refractivity contribution in [2.45, 2.75) is 40.0 Å². The number of rotatable bonds is 2. The molecular formula is C13H24O. The Labute approximate surface area is 88.2 Å². The molecule has 1 saturated carbocycles.